The number of aromatic nitrogens is 1. The molecule has 5 fully saturated rings. The van der Waals surface area contributed by atoms with E-state index >= 15 is 0 Å². The van der Waals surface area contributed by atoms with Crippen LogP contribution < -0.4 is 5.32 Å². The summed E-state index contributed by atoms with van der Waals surface area (Å²) in [7, 11) is -3.08. The van der Waals surface area contributed by atoms with Crippen LogP contribution in [0.3, 0.4) is 0 Å². The molecule has 62 heavy (non-hydrogen) atoms. The summed E-state index contributed by atoms with van der Waals surface area (Å²) in [5.74, 6) is 1.76. The van der Waals surface area contributed by atoms with Crippen LogP contribution in [0.25, 0.3) is 0 Å². The van der Waals surface area contributed by atoms with Gasteiger partial charge in [-0.1, -0.05) is 58.9 Å². The Bertz CT molecular complexity index is 2170. The minimum atomic E-state index is -3.08. The number of nitrogens with zero attached hydrogens (tertiary/aromatic N) is 2. The summed E-state index contributed by atoms with van der Waals surface area (Å²) in [5, 5.41) is 35.5. The minimum absolute atomic E-state index is 0.0129. The Morgan fingerprint density at radius 1 is 0.952 bits per heavy atom. The Labute approximate surface area is 372 Å². The fourth-order valence-electron chi connectivity index (χ4n) is 16.3. The number of aliphatic carboxylic acids is 1. The van der Waals surface area contributed by atoms with Gasteiger partial charge in [0, 0.05) is 24.4 Å². The van der Waals surface area contributed by atoms with E-state index in [0.29, 0.717) is 85.8 Å². The van der Waals surface area contributed by atoms with Crippen LogP contribution in [0.1, 0.15) is 162 Å². The first-order valence-electron chi connectivity index (χ1n) is 24.0. The molecule has 1 aromatic rings. The second kappa shape index (κ2) is 15.9. The molecule has 5 saturated carbocycles. The summed E-state index contributed by atoms with van der Waals surface area (Å²) in [5.41, 5.74) is 3.25. The van der Waals surface area contributed by atoms with Crippen molar-refractivity contribution >= 4 is 15.8 Å². The normalized spacial score (nSPS) is 42.5. The van der Waals surface area contributed by atoms with E-state index in [-0.39, 0.29) is 45.5 Å². The van der Waals surface area contributed by atoms with Crippen molar-refractivity contribution in [2.75, 3.05) is 12.8 Å². The first kappa shape index (κ1) is 45.7. The number of carboxylic acids is 1. The Morgan fingerprint density at radius 3 is 2.34 bits per heavy atom. The van der Waals surface area contributed by atoms with Gasteiger partial charge in [-0.05, 0) is 191 Å². The molecular weight excluding hydrogens is 795 g/mol. The van der Waals surface area contributed by atoms with Crippen LogP contribution in [0.5, 0.6) is 0 Å². The first-order chi connectivity index (χ1) is 29.1. The van der Waals surface area contributed by atoms with Gasteiger partial charge < -0.3 is 20.3 Å². The number of aliphatic hydroxyl groups is 1. The third-order valence-electron chi connectivity index (χ3n) is 19.9. The molecule has 0 radical (unpaired) electrons. The number of allylic oxidation sites excluding steroid dienone is 4. The van der Waals surface area contributed by atoms with Gasteiger partial charge in [-0.25, -0.2) is 13.2 Å². The quantitative estimate of drug-likeness (QED) is 0.185. The molecule has 3 N–H and O–H groups in total. The second-order valence-corrected chi connectivity index (χ2v) is 25.3. The summed E-state index contributed by atoms with van der Waals surface area (Å²) in [6, 6.07) is 5.54. The highest BCUT2D eigenvalue weighted by molar-refractivity contribution is 7.91. The van der Waals surface area contributed by atoms with Crippen LogP contribution in [0.4, 0.5) is 0 Å². The molecule has 0 aromatic carbocycles. The van der Waals surface area contributed by atoms with Crippen molar-refractivity contribution in [1.82, 2.24) is 10.3 Å². The van der Waals surface area contributed by atoms with Gasteiger partial charge in [0.15, 0.2) is 5.60 Å². The Kier molecular flexibility index (Phi) is 11.8. The fraction of sp³-hybridized carbons (Fsp3) is 0.750. The molecule has 0 aliphatic heterocycles. The van der Waals surface area contributed by atoms with Crippen LogP contribution in [0, 0.1) is 62.6 Å². The van der Waals surface area contributed by atoms with Crippen molar-refractivity contribution in [2.45, 2.75) is 179 Å². The Morgan fingerprint density at radius 2 is 1.69 bits per heavy atom. The number of nitriles is 1. The number of pyridine rings is 1. The van der Waals surface area contributed by atoms with E-state index in [2.05, 4.69) is 76.6 Å². The predicted molar refractivity (Wildman–Crippen MR) is 243 cm³/mol. The molecule has 10 atom stereocenters. The highest BCUT2D eigenvalue weighted by atomic mass is 32.2. The summed E-state index contributed by atoms with van der Waals surface area (Å²) in [6.45, 7) is 20.5. The molecule has 0 bridgehead atoms. The van der Waals surface area contributed by atoms with Crippen LogP contribution >= 0.6 is 0 Å². The third kappa shape index (κ3) is 7.30. The van der Waals surface area contributed by atoms with Crippen LogP contribution in [-0.2, 0) is 26.0 Å². The van der Waals surface area contributed by atoms with Gasteiger partial charge >= 0.3 is 5.97 Å². The molecule has 10 heteroatoms. The lowest BCUT2D eigenvalue weighted by molar-refractivity contribution is -0.221. The van der Waals surface area contributed by atoms with Gasteiger partial charge in [0.05, 0.1) is 28.7 Å². The lowest BCUT2D eigenvalue weighted by Gasteiger charge is -2.72. The van der Waals surface area contributed by atoms with E-state index in [1.165, 1.54) is 61.5 Å². The second-order valence-electron chi connectivity index (χ2n) is 22.9. The van der Waals surface area contributed by atoms with Crippen molar-refractivity contribution in [3.05, 3.63) is 65.0 Å². The lowest BCUT2D eigenvalue weighted by Crippen LogP contribution is -2.68. The number of fused-ring (bicyclic) bond motifs is 7. The molecule has 7 aliphatic rings. The molecule has 0 saturated heterocycles. The molecule has 8 rings (SSSR count). The molecule has 0 amide bonds. The average Bonchev–Trinajstić information content (AvgIpc) is 3.60. The predicted octanol–water partition coefficient (Wildman–Crippen LogP) is 10.0. The van der Waals surface area contributed by atoms with E-state index in [9.17, 15) is 28.7 Å². The molecule has 1 heterocycles. The maximum Gasteiger partial charge on any atom is 0.336 e. The smallest absolute Gasteiger partial charge is 0.336 e. The number of ether oxygens (including phenoxy) is 1. The molecule has 340 valence electrons. The number of hydrogen-bond acceptors (Lipinski definition) is 8. The SMILES string of the molecule is C=C(C)[C@@H]1CC[C@]2(NCCC3(O)CCC(S(C)(=O)=O)CC3)CC[C@]3(C)[C@H](CC[C@@H]4[C@@]5(C)CC=C(C6=CC[C@](OCc7ncccc7C#N)(C(=O)O)CC6)C(C)(C)[C@@H]5CC[C@]43C)[C@@H]12. The summed E-state index contributed by atoms with van der Waals surface area (Å²) < 4.78 is 30.6. The number of sulfone groups is 1. The highest BCUT2D eigenvalue weighted by Crippen LogP contribution is 2.76. The van der Waals surface area contributed by atoms with E-state index in [4.69, 9.17) is 4.74 Å². The van der Waals surface area contributed by atoms with Crippen molar-refractivity contribution in [1.29, 1.82) is 5.26 Å². The first-order valence-corrected chi connectivity index (χ1v) is 26.0. The zero-order chi connectivity index (χ0) is 44.7. The lowest BCUT2D eigenvalue weighted by atomic mass is 9.33. The van der Waals surface area contributed by atoms with Crippen LogP contribution in [0.2, 0.25) is 0 Å². The zero-order valence-electron chi connectivity index (χ0n) is 38.8. The topological polar surface area (TPSA) is 150 Å². The minimum Gasteiger partial charge on any atom is -0.479 e. The number of carbonyl (C=O) groups is 1. The van der Waals surface area contributed by atoms with Crippen LogP contribution in [-0.4, -0.2) is 64.4 Å². The van der Waals surface area contributed by atoms with Gasteiger partial charge in [-0.3, -0.25) is 4.98 Å². The molecule has 9 nitrogen and oxygen atoms in total. The third-order valence-corrected chi connectivity index (χ3v) is 21.6. The van der Waals surface area contributed by atoms with Crippen molar-refractivity contribution in [2.24, 2.45) is 51.2 Å². The summed E-state index contributed by atoms with van der Waals surface area (Å²) in [4.78, 5) is 17.1. The van der Waals surface area contributed by atoms with Gasteiger partial charge in [0.1, 0.15) is 15.9 Å². The standard InChI is InChI=1S/C52H75N3O6S/c1-34(2)38-17-24-51(55-31-29-50(58)22-15-37(16-23-50)62(8,59)60)28-27-48(6)40(44(38)51)11-12-43-47(5)20-18-39(46(3,4)42(47)19-21-49(43,48)7)35-13-25-52(26-14-35,45(56)57)61-33-41-36(32-53)10-9-30-54-41/h9-10,13,18,30,37-38,40,42-44,55,58H,1,11-12,14-17,19-29,31,33H2,2-8H3,(H,56,57)/t37?,38-,40+,42-,43+,44+,47-,48+,49+,50?,51-,52+/m0/s1. The number of hydrogen-bond donors (Lipinski definition) is 3. The van der Waals surface area contributed by atoms with Crippen LogP contribution in [0.15, 0.2) is 53.8 Å². The average molecular weight is 870 g/mol. The van der Waals surface area contributed by atoms with Gasteiger partial charge in [-0.15, -0.1) is 0 Å². The van der Waals surface area contributed by atoms with E-state index in [1.54, 1.807) is 18.3 Å². The maximum atomic E-state index is 12.8. The number of nitrogens with one attached hydrogen (secondary N) is 1. The molecular formula is C52H75N3O6S. The van der Waals surface area contributed by atoms with Gasteiger partial charge in [0.25, 0.3) is 0 Å². The fourth-order valence-corrected chi connectivity index (χ4v) is 17.4. The van der Waals surface area contributed by atoms with Crippen molar-refractivity contribution in [3.8, 4) is 6.07 Å². The largest absolute Gasteiger partial charge is 0.479 e. The number of carboxylic acid groups (broad SMARTS) is 1. The summed E-state index contributed by atoms with van der Waals surface area (Å²) >= 11 is 0. The van der Waals surface area contributed by atoms with Gasteiger partial charge in [-0.2, -0.15) is 5.26 Å². The molecule has 1 aromatic heterocycles. The highest BCUT2D eigenvalue weighted by Gasteiger charge is 2.70. The maximum absolute atomic E-state index is 12.8. The Balaban J connectivity index is 0.998. The van der Waals surface area contributed by atoms with Crippen molar-refractivity contribution < 1.29 is 28.2 Å². The zero-order valence-corrected chi connectivity index (χ0v) is 39.6. The van der Waals surface area contributed by atoms with E-state index in [1.807, 2.05) is 0 Å². The number of rotatable bonds is 11. The Hall–Kier alpha value is -2.84. The van der Waals surface area contributed by atoms with Gasteiger partial charge in [0.2, 0.25) is 0 Å². The molecule has 7 aliphatic carbocycles. The van der Waals surface area contributed by atoms with E-state index in [0.717, 1.165) is 25.8 Å². The van der Waals surface area contributed by atoms with E-state index < -0.39 is 27.0 Å². The molecule has 0 unspecified atom stereocenters. The molecule has 0 spiro atoms. The monoisotopic (exact) mass is 870 g/mol. The summed E-state index contributed by atoms with van der Waals surface area (Å²) in [6.07, 6.45) is 22.5. The van der Waals surface area contributed by atoms with Crippen molar-refractivity contribution in [3.63, 3.8) is 0 Å².